The van der Waals surface area contributed by atoms with Gasteiger partial charge in [-0.1, -0.05) is 41.1 Å². The number of hydrogen-bond acceptors (Lipinski definition) is 3. The summed E-state index contributed by atoms with van der Waals surface area (Å²) >= 11 is 0. The minimum atomic E-state index is 0.792. The van der Waals surface area contributed by atoms with E-state index in [4.69, 9.17) is 4.52 Å². The monoisotopic (exact) mass is 260 g/mol. The summed E-state index contributed by atoms with van der Waals surface area (Å²) in [5.41, 5.74) is 3.65. The Labute approximate surface area is 115 Å². The molecule has 0 bridgehead atoms. The maximum atomic E-state index is 5.42. The van der Waals surface area contributed by atoms with Gasteiger partial charge in [-0.05, 0) is 30.5 Å². The molecular formula is C17H12N2O. The van der Waals surface area contributed by atoms with Gasteiger partial charge in [-0.15, -0.1) is 0 Å². The second-order valence-electron chi connectivity index (χ2n) is 4.91. The third-order valence-corrected chi connectivity index (χ3v) is 3.52. The molecule has 0 unspecified atom stereocenters. The van der Waals surface area contributed by atoms with Gasteiger partial charge in [0.25, 0.3) is 0 Å². The van der Waals surface area contributed by atoms with E-state index in [1.807, 2.05) is 36.5 Å². The molecule has 0 spiro atoms. The van der Waals surface area contributed by atoms with E-state index in [1.165, 1.54) is 5.56 Å². The van der Waals surface area contributed by atoms with E-state index in [2.05, 4.69) is 35.3 Å². The second-order valence-corrected chi connectivity index (χ2v) is 4.91. The number of pyridine rings is 1. The summed E-state index contributed by atoms with van der Waals surface area (Å²) in [6.07, 6.45) is 1.81. The lowest BCUT2D eigenvalue weighted by molar-refractivity contribution is 0.459. The second kappa shape index (κ2) is 4.17. The van der Waals surface area contributed by atoms with Crippen molar-refractivity contribution < 1.29 is 4.52 Å². The molecular weight excluding hydrogens is 248 g/mol. The Balaban J connectivity index is 2.09. The van der Waals surface area contributed by atoms with Crippen molar-refractivity contribution in [3.63, 3.8) is 0 Å². The van der Waals surface area contributed by atoms with E-state index >= 15 is 0 Å². The highest BCUT2D eigenvalue weighted by Gasteiger charge is 2.14. The zero-order chi connectivity index (χ0) is 13.5. The minimum absolute atomic E-state index is 0.792. The molecule has 2 aromatic carbocycles. The number of fused-ring (bicyclic) bond motifs is 2. The number of aromatic nitrogens is 2. The van der Waals surface area contributed by atoms with Gasteiger partial charge in [-0.2, -0.15) is 0 Å². The van der Waals surface area contributed by atoms with Crippen LogP contribution in [0.25, 0.3) is 33.1 Å². The molecule has 0 amide bonds. The van der Waals surface area contributed by atoms with Gasteiger partial charge in [0.05, 0.1) is 5.39 Å². The highest BCUT2D eigenvalue weighted by Crippen LogP contribution is 2.31. The summed E-state index contributed by atoms with van der Waals surface area (Å²) in [5.74, 6) is 0. The van der Waals surface area contributed by atoms with E-state index in [1.54, 1.807) is 0 Å². The number of aryl methyl sites for hydroxylation is 1. The SMILES string of the molecule is Cc1ccc2onc(-c3nccc4ccccc34)c2c1. The maximum absolute atomic E-state index is 5.42. The van der Waals surface area contributed by atoms with Crippen LogP contribution in [0, 0.1) is 6.92 Å². The topological polar surface area (TPSA) is 38.9 Å². The molecule has 96 valence electrons. The van der Waals surface area contributed by atoms with Gasteiger partial charge in [0.2, 0.25) is 0 Å². The smallest absolute Gasteiger partial charge is 0.167 e. The van der Waals surface area contributed by atoms with E-state index in [-0.39, 0.29) is 0 Å². The van der Waals surface area contributed by atoms with Gasteiger partial charge < -0.3 is 4.52 Å². The average molecular weight is 260 g/mol. The summed E-state index contributed by atoms with van der Waals surface area (Å²) in [6.45, 7) is 2.06. The predicted octanol–water partition coefficient (Wildman–Crippen LogP) is 4.35. The lowest BCUT2D eigenvalue weighted by Gasteiger charge is -2.02. The number of nitrogens with zero attached hydrogens (tertiary/aromatic N) is 2. The first-order valence-corrected chi connectivity index (χ1v) is 6.53. The fourth-order valence-electron chi connectivity index (χ4n) is 2.53. The van der Waals surface area contributed by atoms with E-state index in [9.17, 15) is 0 Å². The van der Waals surface area contributed by atoms with Gasteiger partial charge in [-0.3, -0.25) is 4.98 Å². The van der Waals surface area contributed by atoms with E-state index < -0.39 is 0 Å². The number of benzene rings is 2. The molecule has 3 nitrogen and oxygen atoms in total. The van der Waals surface area contributed by atoms with Crippen molar-refractivity contribution >= 4 is 21.7 Å². The standard InChI is InChI=1S/C17H12N2O/c1-11-6-7-15-14(10-11)17(19-20-15)16-13-5-3-2-4-12(13)8-9-18-16/h2-10H,1H3. The molecule has 0 saturated carbocycles. The highest BCUT2D eigenvalue weighted by molar-refractivity contribution is 6.01. The predicted molar refractivity (Wildman–Crippen MR) is 79.5 cm³/mol. The number of rotatable bonds is 1. The molecule has 0 aliphatic rings. The fraction of sp³-hybridized carbons (Fsp3) is 0.0588. The molecule has 0 N–H and O–H groups in total. The largest absolute Gasteiger partial charge is 0.356 e. The van der Waals surface area contributed by atoms with Gasteiger partial charge in [0, 0.05) is 11.6 Å². The van der Waals surface area contributed by atoms with Crippen LogP contribution in [0.15, 0.2) is 59.3 Å². The van der Waals surface area contributed by atoms with Crippen molar-refractivity contribution in [2.75, 3.05) is 0 Å². The van der Waals surface area contributed by atoms with Crippen molar-refractivity contribution in [2.45, 2.75) is 6.92 Å². The Morgan fingerprint density at radius 3 is 2.75 bits per heavy atom. The van der Waals surface area contributed by atoms with Crippen LogP contribution < -0.4 is 0 Å². The molecule has 0 saturated heterocycles. The molecule has 0 fully saturated rings. The van der Waals surface area contributed by atoms with E-state index in [0.29, 0.717) is 0 Å². The summed E-state index contributed by atoms with van der Waals surface area (Å²) in [4.78, 5) is 4.51. The van der Waals surface area contributed by atoms with Gasteiger partial charge >= 0.3 is 0 Å². The Bertz CT molecular complexity index is 919. The van der Waals surface area contributed by atoms with Crippen molar-refractivity contribution in [1.29, 1.82) is 0 Å². The third kappa shape index (κ3) is 1.60. The van der Waals surface area contributed by atoms with E-state index in [0.717, 1.165) is 33.1 Å². The first-order chi connectivity index (χ1) is 9.83. The van der Waals surface area contributed by atoms with Crippen LogP contribution >= 0.6 is 0 Å². The van der Waals surface area contributed by atoms with Crippen LogP contribution in [-0.2, 0) is 0 Å². The Morgan fingerprint density at radius 2 is 1.80 bits per heavy atom. The van der Waals surface area contributed by atoms with Gasteiger partial charge in [0.15, 0.2) is 5.58 Å². The Hall–Kier alpha value is -2.68. The molecule has 0 atom stereocenters. The zero-order valence-corrected chi connectivity index (χ0v) is 11.0. The van der Waals surface area contributed by atoms with Crippen LogP contribution in [0.3, 0.4) is 0 Å². The molecule has 0 aliphatic carbocycles. The van der Waals surface area contributed by atoms with Crippen LogP contribution in [0.1, 0.15) is 5.56 Å². The maximum Gasteiger partial charge on any atom is 0.167 e. The zero-order valence-electron chi connectivity index (χ0n) is 11.0. The summed E-state index contributed by atoms with van der Waals surface area (Å²) in [6, 6.07) is 16.2. The summed E-state index contributed by atoms with van der Waals surface area (Å²) < 4.78 is 5.42. The van der Waals surface area contributed by atoms with Crippen LogP contribution in [0.2, 0.25) is 0 Å². The highest BCUT2D eigenvalue weighted by atomic mass is 16.5. The van der Waals surface area contributed by atoms with Crippen LogP contribution in [0.5, 0.6) is 0 Å². The summed E-state index contributed by atoms with van der Waals surface area (Å²) in [5, 5.41) is 7.47. The normalized spacial score (nSPS) is 11.2. The van der Waals surface area contributed by atoms with Crippen LogP contribution in [0.4, 0.5) is 0 Å². The molecule has 4 aromatic rings. The van der Waals surface area contributed by atoms with Crippen molar-refractivity contribution in [2.24, 2.45) is 0 Å². The Kier molecular flexibility index (Phi) is 2.33. The summed E-state index contributed by atoms with van der Waals surface area (Å²) in [7, 11) is 0. The lowest BCUT2D eigenvalue weighted by Crippen LogP contribution is -1.86. The Morgan fingerprint density at radius 1 is 0.900 bits per heavy atom. The minimum Gasteiger partial charge on any atom is -0.356 e. The van der Waals surface area contributed by atoms with Crippen molar-refractivity contribution in [3.05, 3.63) is 60.3 Å². The quantitative estimate of drug-likeness (QED) is 0.510. The molecule has 0 aliphatic heterocycles. The number of hydrogen-bond donors (Lipinski definition) is 0. The first kappa shape index (κ1) is 11.2. The van der Waals surface area contributed by atoms with Crippen molar-refractivity contribution in [3.8, 4) is 11.4 Å². The third-order valence-electron chi connectivity index (χ3n) is 3.52. The fourth-order valence-corrected chi connectivity index (χ4v) is 2.53. The van der Waals surface area contributed by atoms with Crippen molar-refractivity contribution in [1.82, 2.24) is 10.1 Å². The average Bonchev–Trinajstić information content (AvgIpc) is 2.89. The molecule has 0 radical (unpaired) electrons. The lowest BCUT2D eigenvalue weighted by atomic mass is 10.0. The molecule has 20 heavy (non-hydrogen) atoms. The van der Waals surface area contributed by atoms with Gasteiger partial charge in [-0.25, -0.2) is 0 Å². The molecule has 2 aromatic heterocycles. The van der Waals surface area contributed by atoms with Gasteiger partial charge in [0.1, 0.15) is 11.4 Å². The molecule has 3 heteroatoms. The molecule has 4 rings (SSSR count). The van der Waals surface area contributed by atoms with Crippen LogP contribution in [-0.4, -0.2) is 10.1 Å². The molecule has 2 heterocycles. The first-order valence-electron chi connectivity index (χ1n) is 6.53.